The molecule has 3 rings (SSSR count). The lowest BCUT2D eigenvalue weighted by atomic mass is 10.1. The third kappa shape index (κ3) is 4.30. The van der Waals surface area contributed by atoms with Gasteiger partial charge in [0.1, 0.15) is 17.7 Å². The maximum absolute atomic E-state index is 13.4. The van der Waals surface area contributed by atoms with Crippen LogP contribution in [-0.2, 0) is 11.3 Å². The monoisotopic (exact) mass is 345 g/mol. The van der Waals surface area contributed by atoms with Crippen molar-refractivity contribution in [2.75, 3.05) is 13.7 Å². The SMILES string of the molecule is COc1ccc(F)cc1C(=O)NCc1cnc([C@H]2CCCCO2)nc1. The molecule has 2 heterocycles. The van der Waals surface area contributed by atoms with Gasteiger partial charge in [-0.05, 0) is 37.5 Å². The van der Waals surface area contributed by atoms with E-state index in [0.717, 1.165) is 37.5 Å². The average Bonchev–Trinajstić information content (AvgIpc) is 2.67. The Labute approximate surface area is 145 Å². The highest BCUT2D eigenvalue weighted by Crippen LogP contribution is 2.25. The Hall–Kier alpha value is -2.54. The molecule has 1 saturated heterocycles. The zero-order chi connectivity index (χ0) is 17.6. The number of amides is 1. The third-order valence-electron chi connectivity index (χ3n) is 4.05. The van der Waals surface area contributed by atoms with Crippen molar-refractivity contribution < 1.29 is 18.7 Å². The summed E-state index contributed by atoms with van der Waals surface area (Å²) in [5.41, 5.74) is 0.902. The molecule has 1 aromatic carbocycles. The fourth-order valence-electron chi connectivity index (χ4n) is 2.70. The van der Waals surface area contributed by atoms with Crippen molar-refractivity contribution in [2.45, 2.75) is 31.9 Å². The van der Waals surface area contributed by atoms with Gasteiger partial charge >= 0.3 is 0 Å². The number of carbonyl (C=O) groups excluding carboxylic acids is 1. The van der Waals surface area contributed by atoms with E-state index in [-0.39, 0.29) is 18.2 Å². The number of carbonyl (C=O) groups is 1. The Morgan fingerprint density at radius 2 is 2.16 bits per heavy atom. The Morgan fingerprint density at radius 1 is 1.36 bits per heavy atom. The minimum absolute atomic E-state index is 0.0473. The molecule has 0 radical (unpaired) electrons. The maximum atomic E-state index is 13.4. The normalized spacial score (nSPS) is 17.1. The zero-order valence-corrected chi connectivity index (χ0v) is 14.0. The Morgan fingerprint density at radius 3 is 2.84 bits per heavy atom. The summed E-state index contributed by atoms with van der Waals surface area (Å²) in [6, 6.07) is 3.82. The van der Waals surface area contributed by atoms with Crippen LogP contribution in [0.4, 0.5) is 4.39 Å². The number of benzene rings is 1. The predicted octanol–water partition coefficient (Wildman–Crippen LogP) is 2.80. The van der Waals surface area contributed by atoms with Gasteiger partial charge in [0.05, 0.1) is 12.7 Å². The number of nitrogens with zero attached hydrogens (tertiary/aromatic N) is 2. The fourth-order valence-corrected chi connectivity index (χ4v) is 2.70. The van der Waals surface area contributed by atoms with Crippen LogP contribution in [0, 0.1) is 5.82 Å². The molecule has 0 unspecified atom stereocenters. The van der Waals surface area contributed by atoms with Gasteiger partial charge in [-0.3, -0.25) is 4.79 Å². The summed E-state index contributed by atoms with van der Waals surface area (Å²) in [7, 11) is 1.43. The predicted molar refractivity (Wildman–Crippen MR) is 88.7 cm³/mol. The van der Waals surface area contributed by atoms with Gasteiger partial charge in [-0.15, -0.1) is 0 Å². The average molecular weight is 345 g/mol. The molecule has 1 N–H and O–H groups in total. The molecule has 1 amide bonds. The van der Waals surface area contributed by atoms with Gasteiger partial charge in [-0.25, -0.2) is 14.4 Å². The summed E-state index contributed by atoms with van der Waals surface area (Å²) < 4.78 is 24.1. The molecule has 1 aromatic heterocycles. The molecule has 1 fully saturated rings. The fraction of sp³-hybridized carbons (Fsp3) is 0.389. The lowest BCUT2D eigenvalue weighted by molar-refractivity contribution is 0.00940. The van der Waals surface area contributed by atoms with Crippen molar-refractivity contribution in [1.29, 1.82) is 0 Å². The summed E-state index contributed by atoms with van der Waals surface area (Å²) >= 11 is 0. The van der Waals surface area contributed by atoms with Gasteiger partial charge < -0.3 is 14.8 Å². The maximum Gasteiger partial charge on any atom is 0.255 e. The van der Waals surface area contributed by atoms with Crippen LogP contribution in [0.5, 0.6) is 5.75 Å². The molecule has 132 valence electrons. The van der Waals surface area contributed by atoms with E-state index in [9.17, 15) is 9.18 Å². The van der Waals surface area contributed by atoms with Gasteiger partial charge in [-0.2, -0.15) is 0 Å². The van der Waals surface area contributed by atoms with Gasteiger partial charge in [0.15, 0.2) is 5.82 Å². The van der Waals surface area contributed by atoms with E-state index in [1.54, 1.807) is 12.4 Å². The van der Waals surface area contributed by atoms with Crippen molar-refractivity contribution in [1.82, 2.24) is 15.3 Å². The third-order valence-corrected chi connectivity index (χ3v) is 4.05. The van der Waals surface area contributed by atoms with Crippen molar-refractivity contribution >= 4 is 5.91 Å². The van der Waals surface area contributed by atoms with Gasteiger partial charge in [0.2, 0.25) is 0 Å². The summed E-state index contributed by atoms with van der Waals surface area (Å²) in [5, 5.41) is 2.72. The molecule has 0 bridgehead atoms. The number of methoxy groups -OCH3 is 1. The zero-order valence-electron chi connectivity index (χ0n) is 14.0. The van der Waals surface area contributed by atoms with Crippen molar-refractivity contribution in [2.24, 2.45) is 0 Å². The number of aromatic nitrogens is 2. The first kappa shape index (κ1) is 17.3. The first-order valence-corrected chi connectivity index (χ1v) is 8.21. The summed E-state index contributed by atoms with van der Waals surface area (Å²) in [5.74, 6) is 0.0729. The highest BCUT2D eigenvalue weighted by Gasteiger charge is 2.18. The summed E-state index contributed by atoms with van der Waals surface area (Å²) in [6.45, 7) is 0.978. The molecule has 25 heavy (non-hydrogen) atoms. The van der Waals surface area contributed by atoms with Crippen molar-refractivity contribution in [3.63, 3.8) is 0 Å². The summed E-state index contributed by atoms with van der Waals surface area (Å²) in [4.78, 5) is 20.9. The Balaban J connectivity index is 1.61. The number of hydrogen-bond acceptors (Lipinski definition) is 5. The van der Waals surface area contributed by atoms with E-state index < -0.39 is 11.7 Å². The molecule has 1 aliphatic heterocycles. The van der Waals surface area contributed by atoms with Gasteiger partial charge in [0.25, 0.3) is 5.91 Å². The van der Waals surface area contributed by atoms with Gasteiger partial charge in [-0.1, -0.05) is 0 Å². The number of nitrogens with one attached hydrogen (secondary N) is 1. The molecular formula is C18H20FN3O3. The number of hydrogen-bond donors (Lipinski definition) is 1. The minimum atomic E-state index is -0.494. The number of halogens is 1. The number of rotatable bonds is 5. The molecule has 0 spiro atoms. The largest absolute Gasteiger partial charge is 0.496 e. The second-order valence-corrected chi connectivity index (χ2v) is 5.83. The molecule has 0 saturated carbocycles. The second-order valence-electron chi connectivity index (χ2n) is 5.83. The van der Waals surface area contributed by atoms with Crippen LogP contribution >= 0.6 is 0 Å². The highest BCUT2D eigenvalue weighted by molar-refractivity contribution is 5.96. The van der Waals surface area contributed by atoms with E-state index in [1.807, 2.05) is 0 Å². The number of ether oxygens (including phenoxy) is 2. The molecule has 7 heteroatoms. The van der Waals surface area contributed by atoms with Crippen LogP contribution in [0.3, 0.4) is 0 Å². The first-order valence-electron chi connectivity index (χ1n) is 8.21. The van der Waals surface area contributed by atoms with Crippen molar-refractivity contribution in [3.05, 3.63) is 53.4 Å². The van der Waals surface area contributed by atoms with E-state index in [1.165, 1.54) is 19.2 Å². The molecule has 6 nitrogen and oxygen atoms in total. The molecule has 1 aliphatic rings. The molecule has 1 atom stereocenters. The van der Waals surface area contributed by atoms with Crippen LogP contribution < -0.4 is 10.1 Å². The minimum Gasteiger partial charge on any atom is -0.496 e. The Bertz CT molecular complexity index is 731. The van der Waals surface area contributed by atoms with Crippen molar-refractivity contribution in [3.8, 4) is 5.75 Å². The lowest BCUT2D eigenvalue weighted by Gasteiger charge is -2.21. The van der Waals surface area contributed by atoms with Crippen LogP contribution in [0.25, 0.3) is 0 Å². The van der Waals surface area contributed by atoms with E-state index >= 15 is 0 Å². The van der Waals surface area contributed by atoms with Crippen LogP contribution in [0.15, 0.2) is 30.6 Å². The lowest BCUT2D eigenvalue weighted by Crippen LogP contribution is -2.24. The van der Waals surface area contributed by atoms with Crippen LogP contribution in [0.2, 0.25) is 0 Å². The topological polar surface area (TPSA) is 73.3 Å². The quantitative estimate of drug-likeness (QED) is 0.902. The van der Waals surface area contributed by atoms with Crippen LogP contribution in [0.1, 0.15) is 47.1 Å². The molecular weight excluding hydrogens is 325 g/mol. The molecule has 0 aliphatic carbocycles. The highest BCUT2D eigenvalue weighted by atomic mass is 19.1. The Kier molecular flexibility index (Phi) is 5.55. The summed E-state index contributed by atoms with van der Waals surface area (Å²) in [6.07, 6.45) is 6.40. The van der Waals surface area contributed by atoms with E-state index in [2.05, 4.69) is 15.3 Å². The van der Waals surface area contributed by atoms with Crippen LogP contribution in [-0.4, -0.2) is 29.6 Å². The van der Waals surface area contributed by atoms with E-state index in [4.69, 9.17) is 9.47 Å². The second kappa shape index (κ2) is 8.02. The molecule has 2 aromatic rings. The smallest absolute Gasteiger partial charge is 0.255 e. The van der Waals surface area contributed by atoms with Gasteiger partial charge in [0, 0.05) is 31.1 Å². The van der Waals surface area contributed by atoms with E-state index in [0.29, 0.717) is 11.6 Å². The first-order chi connectivity index (χ1) is 12.2. The standard InChI is InChI=1S/C18H20FN3O3/c1-24-15-6-5-13(19)8-14(15)18(23)22-11-12-9-20-17(21-10-12)16-4-2-3-7-25-16/h5-6,8-10,16H,2-4,7,11H2,1H3,(H,22,23)/t16-/m1/s1.